The molecule has 0 aromatic heterocycles. The van der Waals surface area contributed by atoms with Crippen LogP contribution < -0.4 is 11.5 Å². The quantitative estimate of drug-likeness (QED) is 0.217. The number of hydrogen-bond acceptors (Lipinski definition) is 8. The Hall–Kier alpha value is -3.06. The number of aliphatic carboxylic acids is 4. The molecule has 0 saturated heterocycles. The van der Waals surface area contributed by atoms with Gasteiger partial charge in [0, 0.05) is 0 Å². The highest BCUT2D eigenvalue weighted by molar-refractivity contribution is 5.73. The third kappa shape index (κ3) is 27.2. The lowest BCUT2D eigenvalue weighted by Gasteiger charge is -2.12. The summed E-state index contributed by atoms with van der Waals surface area (Å²) < 4.78 is 0. The summed E-state index contributed by atoms with van der Waals surface area (Å²) in [6, 6.07) is 7.85. The van der Waals surface area contributed by atoms with E-state index in [4.69, 9.17) is 42.1 Å². The first kappa shape index (κ1) is 37.5. The number of rotatable bonds is 10. The molecular formula is C24H42N2O10. The van der Waals surface area contributed by atoms with Gasteiger partial charge in [0.15, 0.2) is 6.10 Å². The summed E-state index contributed by atoms with van der Waals surface area (Å²) in [6.45, 7) is 8.42. The Morgan fingerprint density at radius 3 is 1.50 bits per heavy atom. The number of benzene rings is 1. The maximum absolute atomic E-state index is 10.4. The van der Waals surface area contributed by atoms with Gasteiger partial charge in [-0.15, -0.1) is 0 Å². The van der Waals surface area contributed by atoms with E-state index < -0.39 is 47.7 Å². The van der Waals surface area contributed by atoms with E-state index in [0.29, 0.717) is 18.8 Å². The van der Waals surface area contributed by atoms with Crippen LogP contribution in [0.2, 0.25) is 0 Å². The minimum absolute atomic E-state index is 0.201. The summed E-state index contributed by atoms with van der Waals surface area (Å²) in [7, 11) is 0. The monoisotopic (exact) mass is 518 g/mol. The molecular weight excluding hydrogens is 476 g/mol. The molecule has 12 nitrogen and oxygen atoms in total. The van der Waals surface area contributed by atoms with E-state index in [2.05, 4.69) is 0 Å². The molecule has 0 amide bonds. The Balaban J connectivity index is -0.000000414. The molecule has 1 aromatic rings. The second-order valence-corrected chi connectivity index (χ2v) is 8.85. The lowest BCUT2D eigenvalue weighted by atomic mass is 10.1. The standard InChI is InChI=1S/C9H11NO2.C6H13NO2.C5H10O3.C4H8O3/c10-8(9(11)12)6-7-4-2-1-3-5-7;1-4(2)3-5(7)6(8)9;1-5(2,8)3-4(6)7;1-2-3(5)4(6)7/h1-5,8H,6,10H2,(H,11,12);4-5H,3,7H2,1-2H3,(H,8,9);8H,3H2,1-2H3,(H,6,7);3,5H,2H2,1H3,(H,6,7). The van der Waals surface area contributed by atoms with E-state index in [-0.39, 0.29) is 12.8 Å². The Kier molecular flexibility index (Phi) is 21.0. The van der Waals surface area contributed by atoms with Gasteiger partial charge in [-0.05, 0) is 44.6 Å². The van der Waals surface area contributed by atoms with Crippen molar-refractivity contribution in [2.24, 2.45) is 17.4 Å². The van der Waals surface area contributed by atoms with E-state index >= 15 is 0 Å². The Morgan fingerprint density at radius 2 is 1.31 bits per heavy atom. The molecule has 10 N–H and O–H groups in total. The Morgan fingerprint density at radius 1 is 0.861 bits per heavy atom. The van der Waals surface area contributed by atoms with Crippen molar-refractivity contribution < 1.29 is 49.8 Å². The molecule has 3 unspecified atom stereocenters. The Bertz CT molecular complexity index is 764. The number of carboxylic acid groups (broad SMARTS) is 4. The largest absolute Gasteiger partial charge is 0.481 e. The Labute approximate surface area is 211 Å². The predicted molar refractivity (Wildman–Crippen MR) is 133 cm³/mol. The van der Waals surface area contributed by atoms with Crippen LogP contribution in [0.3, 0.4) is 0 Å². The van der Waals surface area contributed by atoms with Crippen molar-refractivity contribution in [2.75, 3.05) is 0 Å². The van der Waals surface area contributed by atoms with Crippen LogP contribution in [0.15, 0.2) is 30.3 Å². The van der Waals surface area contributed by atoms with Crippen LogP contribution in [0.25, 0.3) is 0 Å². The summed E-state index contributed by atoms with van der Waals surface area (Å²) in [4.78, 5) is 40.0. The number of carbonyl (C=O) groups is 4. The average molecular weight is 519 g/mol. The van der Waals surface area contributed by atoms with E-state index in [1.54, 1.807) is 6.92 Å². The van der Waals surface area contributed by atoms with Crippen molar-refractivity contribution in [3.63, 3.8) is 0 Å². The summed E-state index contributed by atoms with van der Waals surface area (Å²) in [5, 5.41) is 50.0. The van der Waals surface area contributed by atoms with Gasteiger partial charge in [-0.25, -0.2) is 4.79 Å². The van der Waals surface area contributed by atoms with Crippen LogP contribution in [0.5, 0.6) is 0 Å². The van der Waals surface area contributed by atoms with Crippen molar-refractivity contribution in [2.45, 2.75) is 84.1 Å². The van der Waals surface area contributed by atoms with Gasteiger partial charge in [0.1, 0.15) is 12.1 Å². The van der Waals surface area contributed by atoms with E-state index in [0.717, 1.165) is 5.56 Å². The molecule has 0 spiro atoms. The van der Waals surface area contributed by atoms with Crippen LogP contribution in [-0.4, -0.2) is 78.3 Å². The van der Waals surface area contributed by atoms with E-state index in [1.807, 2.05) is 44.2 Å². The van der Waals surface area contributed by atoms with Gasteiger partial charge in [0.2, 0.25) is 0 Å². The molecule has 0 aliphatic heterocycles. The van der Waals surface area contributed by atoms with Gasteiger partial charge >= 0.3 is 23.9 Å². The van der Waals surface area contributed by atoms with Crippen LogP contribution in [0.4, 0.5) is 0 Å². The van der Waals surface area contributed by atoms with Gasteiger partial charge in [-0.1, -0.05) is 51.1 Å². The molecule has 1 rings (SSSR count). The molecule has 0 aliphatic carbocycles. The first-order chi connectivity index (χ1) is 16.3. The van der Waals surface area contributed by atoms with E-state index in [1.165, 1.54) is 13.8 Å². The molecule has 3 atom stereocenters. The van der Waals surface area contributed by atoms with Crippen molar-refractivity contribution in [3.05, 3.63) is 35.9 Å². The minimum atomic E-state index is -1.18. The fraction of sp³-hybridized carbons (Fsp3) is 0.583. The van der Waals surface area contributed by atoms with Crippen molar-refractivity contribution >= 4 is 23.9 Å². The second-order valence-electron chi connectivity index (χ2n) is 8.85. The number of hydrogen-bond donors (Lipinski definition) is 8. The fourth-order valence-electron chi connectivity index (χ4n) is 2.11. The summed E-state index contributed by atoms with van der Waals surface area (Å²) in [6.07, 6.45) is -0.173. The maximum atomic E-state index is 10.4. The molecule has 0 aliphatic rings. The number of aliphatic hydroxyl groups is 2. The molecule has 0 radical (unpaired) electrons. The molecule has 0 saturated carbocycles. The van der Waals surface area contributed by atoms with E-state index in [9.17, 15) is 19.2 Å². The number of aliphatic hydroxyl groups excluding tert-OH is 1. The van der Waals surface area contributed by atoms with Crippen molar-refractivity contribution in [1.29, 1.82) is 0 Å². The lowest BCUT2D eigenvalue weighted by molar-refractivity contribution is -0.146. The number of nitrogens with two attached hydrogens (primary N) is 2. The SMILES string of the molecule is CC(C)(O)CC(=O)O.CC(C)CC(N)C(=O)O.CCC(O)C(=O)O.NC(Cc1ccccc1)C(=O)O. The molecule has 1 aromatic carbocycles. The van der Waals surface area contributed by atoms with Crippen LogP contribution in [-0.2, 0) is 25.6 Å². The second kappa shape index (κ2) is 20.2. The molecule has 0 bridgehead atoms. The van der Waals surface area contributed by atoms with Crippen molar-refractivity contribution in [1.82, 2.24) is 0 Å². The van der Waals surface area contributed by atoms with Crippen LogP contribution >= 0.6 is 0 Å². The molecule has 36 heavy (non-hydrogen) atoms. The summed E-state index contributed by atoms with van der Waals surface area (Å²) in [5.74, 6) is -3.64. The zero-order valence-corrected chi connectivity index (χ0v) is 21.5. The molecule has 12 heteroatoms. The van der Waals surface area contributed by atoms with Gasteiger partial charge in [0.05, 0.1) is 12.0 Å². The lowest BCUT2D eigenvalue weighted by Crippen LogP contribution is -2.32. The molecule has 0 fully saturated rings. The highest BCUT2D eigenvalue weighted by Crippen LogP contribution is 2.05. The zero-order chi connectivity index (χ0) is 29.1. The average Bonchev–Trinajstić information content (AvgIpc) is 2.72. The highest BCUT2D eigenvalue weighted by Gasteiger charge is 2.16. The zero-order valence-electron chi connectivity index (χ0n) is 21.5. The van der Waals surface area contributed by atoms with Gasteiger partial charge in [-0.2, -0.15) is 0 Å². The van der Waals surface area contributed by atoms with Gasteiger partial charge < -0.3 is 42.1 Å². The van der Waals surface area contributed by atoms with Crippen molar-refractivity contribution in [3.8, 4) is 0 Å². The summed E-state index contributed by atoms with van der Waals surface area (Å²) in [5.41, 5.74) is 10.4. The topological polar surface area (TPSA) is 242 Å². The van der Waals surface area contributed by atoms with Gasteiger partial charge in [-0.3, -0.25) is 14.4 Å². The van der Waals surface area contributed by atoms with Gasteiger partial charge in [0.25, 0.3) is 0 Å². The van der Waals surface area contributed by atoms with Crippen LogP contribution in [0.1, 0.15) is 59.4 Å². The normalized spacial score (nSPS) is 12.7. The molecule has 0 heterocycles. The predicted octanol–water partition coefficient (Wildman–Crippen LogP) is 1.16. The first-order valence-corrected chi connectivity index (χ1v) is 11.2. The smallest absolute Gasteiger partial charge is 0.332 e. The third-order valence-corrected chi connectivity index (χ3v) is 3.91. The highest BCUT2D eigenvalue weighted by atomic mass is 16.4. The third-order valence-electron chi connectivity index (χ3n) is 3.91. The summed E-state index contributed by atoms with van der Waals surface area (Å²) >= 11 is 0. The molecule has 208 valence electrons. The van der Waals surface area contributed by atoms with Crippen LogP contribution in [0, 0.1) is 5.92 Å². The first-order valence-electron chi connectivity index (χ1n) is 11.2. The number of carboxylic acids is 4. The fourth-order valence-corrected chi connectivity index (χ4v) is 2.11. The minimum Gasteiger partial charge on any atom is -0.481 e. The maximum Gasteiger partial charge on any atom is 0.332 e.